The van der Waals surface area contributed by atoms with Crippen molar-refractivity contribution in [1.82, 2.24) is 10.2 Å². The summed E-state index contributed by atoms with van der Waals surface area (Å²) in [5.41, 5.74) is 2.68. The Morgan fingerprint density at radius 3 is 2.47 bits per heavy atom. The summed E-state index contributed by atoms with van der Waals surface area (Å²) in [5.74, 6) is 0.684. The molecule has 0 saturated carbocycles. The summed E-state index contributed by atoms with van der Waals surface area (Å²) in [6.07, 6.45) is 0.775. The molecule has 1 fully saturated rings. The second-order valence-corrected chi connectivity index (χ2v) is 8.20. The highest BCUT2D eigenvalue weighted by atomic mass is 16.5. The Morgan fingerprint density at radius 2 is 1.73 bits per heavy atom. The number of carbonyl (C=O) groups is 2. The summed E-state index contributed by atoms with van der Waals surface area (Å²) in [6.45, 7) is 6.00. The molecule has 1 N–H and O–H groups in total. The van der Waals surface area contributed by atoms with Gasteiger partial charge in [-0.3, -0.25) is 9.59 Å². The van der Waals surface area contributed by atoms with Gasteiger partial charge in [0, 0.05) is 25.2 Å². The quantitative estimate of drug-likeness (QED) is 0.845. The standard InChI is InChI=1S/C24H28N2O4/c1-16-13-26(14-17(2)30-16)24(28)19-9-7-18(8-10-19)12-25-23(27)21-11-20-5-3-4-6-22(20)29-15-21/h3-10,16-17,21H,11-15H2,1-2H3,(H,25,27). The van der Waals surface area contributed by atoms with Crippen LogP contribution in [0.2, 0.25) is 0 Å². The molecule has 2 heterocycles. The van der Waals surface area contributed by atoms with E-state index in [0.29, 0.717) is 38.2 Å². The normalized spacial score (nSPS) is 23.3. The molecule has 30 heavy (non-hydrogen) atoms. The molecule has 3 unspecified atom stereocenters. The predicted octanol–water partition coefficient (Wildman–Crippen LogP) is 2.80. The fraction of sp³-hybridized carbons (Fsp3) is 0.417. The van der Waals surface area contributed by atoms with Gasteiger partial charge in [0.15, 0.2) is 0 Å². The van der Waals surface area contributed by atoms with Crippen molar-refractivity contribution in [3.05, 3.63) is 65.2 Å². The minimum atomic E-state index is -0.189. The van der Waals surface area contributed by atoms with Gasteiger partial charge in [-0.25, -0.2) is 0 Å². The van der Waals surface area contributed by atoms with E-state index in [9.17, 15) is 9.59 Å². The van der Waals surface area contributed by atoms with Crippen LogP contribution in [0, 0.1) is 5.92 Å². The number of benzene rings is 2. The lowest BCUT2D eigenvalue weighted by atomic mass is 9.96. The molecule has 2 aliphatic rings. The Kier molecular flexibility index (Phi) is 6.04. The summed E-state index contributed by atoms with van der Waals surface area (Å²) >= 11 is 0. The number of carbonyl (C=O) groups excluding carboxylic acids is 2. The minimum absolute atomic E-state index is 0.0130. The lowest BCUT2D eigenvalue weighted by Crippen LogP contribution is -2.48. The average molecular weight is 408 g/mol. The zero-order chi connectivity index (χ0) is 21.1. The molecule has 0 radical (unpaired) electrons. The van der Waals surface area contributed by atoms with Crippen LogP contribution in [0.15, 0.2) is 48.5 Å². The van der Waals surface area contributed by atoms with Gasteiger partial charge < -0.3 is 19.7 Å². The second-order valence-electron chi connectivity index (χ2n) is 8.20. The predicted molar refractivity (Wildman–Crippen MR) is 113 cm³/mol. The number of hydrogen-bond acceptors (Lipinski definition) is 4. The number of ether oxygens (including phenoxy) is 2. The Morgan fingerprint density at radius 1 is 1.03 bits per heavy atom. The SMILES string of the molecule is CC1CN(C(=O)c2ccc(CNC(=O)C3COc4ccccc4C3)cc2)CC(C)O1. The van der Waals surface area contributed by atoms with Crippen LogP contribution in [0.1, 0.15) is 35.3 Å². The van der Waals surface area contributed by atoms with Crippen LogP contribution in [-0.2, 0) is 22.5 Å². The van der Waals surface area contributed by atoms with Crippen molar-refractivity contribution in [3.8, 4) is 5.75 Å². The van der Waals surface area contributed by atoms with Crippen LogP contribution in [0.4, 0.5) is 0 Å². The molecule has 0 aromatic heterocycles. The molecule has 0 spiro atoms. The number of para-hydroxylation sites is 1. The van der Waals surface area contributed by atoms with E-state index in [-0.39, 0.29) is 29.9 Å². The maximum absolute atomic E-state index is 12.8. The highest BCUT2D eigenvalue weighted by molar-refractivity contribution is 5.94. The fourth-order valence-electron chi connectivity index (χ4n) is 4.12. The van der Waals surface area contributed by atoms with Gasteiger partial charge in [0.1, 0.15) is 12.4 Å². The van der Waals surface area contributed by atoms with Crippen LogP contribution in [0.25, 0.3) is 0 Å². The van der Waals surface area contributed by atoms with E-state index in [4.69, 9.17) is 9.47 Å². The van der Waals surface area contributed by atoms with E-state index in [1.54, 1.807) is 0 Å². The first-order chi connectivity index (χ1) is 14.5. The average Bonchev–Trinajstić information content (AvgIpc) is 2.76. The van der Waals surface area contributed by atoms with Gasteiger partial charge >= 0.3 is 0 Å². The first kappa shape index (κ1) is 20.4. The summed E-state index contributed by atoms with van der Waals surface area (Å²) in [5, 5.41) is 2.99. The van der Waals surface area contributed by atoms with Gasteiger partial charge in [-0.2, -0.15) is 0 Å². The van der Waals surface area contributed by atoms with Gasteiger partial charge in [-0.1, -0.05) is 30.3 Å². The summed E-state index contributed by atoms with van der Waals surface area (Å²) in [6, 6.07) is 15.3. The van der Waals surface area contributed by atoms with Gasteiger partial charge in [0.2, 0.25) is 5.91 Å². The van der Waals surface area contributed by atoms with Gasteiger partial charge in [0.05, 0.1) is 18.1 Å². The van der Waals surface area contributed by atoms with E-state index in [0.717, 1.165) is 16.9 Å². The molecule has 1 saturated heterocycles. The summed E-state index contributed by atoms with van der Waals surface area (Å²) in [7, 11) is 0. The van der Waals surface area contributed by atoms with Crippen LogP contribution in [0.5, 0.6) is 5.75 Å². The smallest absolute Gasteiger partial charge is 0.254 e. The molecule has 3 atom stereocenters. The maximum atomic E-state index is 12.8. The first-order valence-electron chi connectivity index (χ1n) is 10.5. The highest BCUT2D eigenvalue weighted by Gasteiger charge is 2.27. The van der Waals surface area contributed by atoms with E-state index in [1.807, 2.05) is 67.3 Å². The van der Waals surface area contributed by atoms with Gasteiger partial charge in [-0.05, 0) is 49.6 Å². The third-order valence-corrected chi connectivity index (χ3v) is 5.62. The molecule has 0 bridgehead atoms. The van der Waals surface area contributed by atoms with Crippen molar-refractivity contribution in [1.29, 1.82) is 0 Å². The number of morpholine rings is 1. The molecule has 4 rings (SSSR count). The molecular weight excluding hydrogens is 380 g/mol. The third-order valence-electron chi connectivity index (χ3n) is 5.62. The summed E-state index contributed by atoms with van der Waals surface area (Å²) in [4.78, 5) is 27.2. The van der Waals surface area contributed by atoms with Crippen molar-refractivity contribution in [2.45, 2.75) is 39.0 Å². The lowest BCUT2D eigenvalue weighted by molar-refractivity contribution is -0.126. The van der Waals surface area contributed by atoms with E-state index >= 15 is 0 Å². The highest BCUT2D eigenvalue weighted by Crippen LogP contribution is 2.26. The Bertz CT molecular complexity index is 902. The van der Waals surface area contributed by atoms with Crippen molar-refractivity contribution in [3.63, 3.8) is 0 Å². The molecule has 6 nitrogen and oxygen atoms in total. The van der Waals surface area contributed by atoms with Crippen molar-refractivity contribution in [2.24, 2.45) is 5.92 Å². The van der Waals surface area contributed by atoms with Crippen molar-refractivity contribution >= 4 is 11.8 Å². The first-order valence-corrected chi connectivity index (χ1v) is 10.5. The largest absolute Gasteiger partial charge is 0.492 e. The molecule has 158 valence electrons. The lowest BCUT2D eigenvalue weighted by Gasteiger charge is -2.35. The second kappa shape index (κ2) is 8.88. The number of nitrogens with zero attached hydrogens (tertiary/aromatic N) is 1. The van der Waals surface area contributed by atoms with Crippen LogP contribution >= 0.6 is 0 Å². The number of nitrogens with one attached hydrogen (secondary N) is 1. The number of rotatable bonds is 4. The third kappa shape index (κ3) is 4.65. The van der Waals surface area contributed by atoms with Crippen molar-refractivity contribution < 1.29 is 19.1 Å². The van der Waals surface area contributed by atoms with Gasteiger partial charge in [0.25, 0.3) is 5.91 Å². The fourth-order valence-corrected chi connectivity index (χ4v) is 4.12. The summed E-state index contributed by atoms with van der Waals surface area (Å²) < 4.78 is 11.4. The van der Waals surface area contributed by atoms with E-state index in [1.165, 1.54) is 0 Å². The molecule has 6 heteroatoms. The van der Waals surface area contributed by atoms with E-state index in [2.05, 4.69) is 5.32 Å². The number of hydrogen-bond donors (Lipinski definition) is 1. The molecule has 2 aromatic rings. The Balaban J connectivity index is 1.31. The Hall–Kier alpha value is -2.86. The zero-order valence-electron chi connectivity index (χ0n) is 17.5. The number of fused-ring (bicyclic) bond motifs is 1. The monoisotopic (exact) mass is 408 g/mol. The molecular formula is C24H28N2O4. The van der Waals surface area contributed by atoms with Crippen molar-refractivity contribution in [2.75, 3.05) is 19.7 Å². The molecule has 0 aliphatic carbocycles. The van der Waals surface area contributed by atoms with Gasteiger partial charge in [-0.15, -0.1) is 0 Å². The van der Waals surface area contributed by atoms with E-state index < -0.39 is 0 Å². The number of amides is 2. The zero-order valence-corrected chi connectivity index (χ0v) is 17.5. The minimum Gasteiger partial charge on any atom is -0.492 e. The van der Waals surface area contributed by atoms with Crippen LogP contribution < -0.4 is 10.1 Å². The Labute approximate surface area is 177 Å². The topological polar surface area (TPSA) is 67.9 Å². The van der Waals surface area contributed by atoms with Crippen LogP contribution in [0.3, 0.4) is 0 Å². The molecule has 2 amide bonds. The maximum Gasteiger partial charge on any atom is 0.254 e. The molecule has 2 aromatic carbocycles. The van der Waals surface area contributed by atoms with Crippen LogP contribution in [-0.4, -0.2) is 48.6 Å². The molecule has 2 aliphatic heterocycles.